The van der Waals surface area contributed by atoms with Crippen molar-refractivity contribution in [2.24, 2.45) is 7.05 Å². The maximum Gasteiger partial charge on any atom is 0.253 e. The van der Waals surface area contributed by atoms with Crippen molar-refractivity contribution in [3.05, 3.63) is 18.2 Å². The molecule has 1 heterocycles. The van der Waals surface area contributed by atoms with Gasteiger partial charge in [-0.25, -0.2) is 9.13 Å². The monoisotopic (exact) mass is 308 g/mol. The fourth-order valence-corrected chi connectivity index (χ4v) is 1.54. The molecule has 0 N–H and O–H groups in total. The summed E-state index contributed by atoms with van der Waals surface area (Å²) in [5, 5.41) is 0. The molecule has 3 heteroatoms. The van der Waals surface area contributed by atoms with Gasteiger partial charge in [-0.3, -0.25) is 0 Å². The minimum atomic E-state index is 0. The molecule has 0 aliphatic heterocycles. The van der Waals surface area contributed by atoms with Crippen LogP contribution in [-0.2, 0) is 13.6 Å². The molecule has 0 saturated heterocycles. The topological polar surface area (TPSA) is 8.81 Å². The van der Waals surface area contributed by atoms with Gasteiger partial charge < -0.3 is 24.0 Å². The van der Waals surface area contributed by atoms with Crippen molar-refractivity contribution in [1.82, 2.24) is 4.57 Å². The second-order valence-electron chi connectivity index (χ2n) is 3.71. The second-order valence-corrected chi connectivity index (χ2v) is 3.71. The number of rotatable bonds is 5. The zero-order valence-corrected chi connectivity index (χ0v) is 11.6. The van der Waals surface area contributed by atoms with E-state index in [2.05, 4.69) is 42.4 Å². The molecule has 0 amide bonds. The average Bonchev–Trinajstić information content (AvgIpc) is 2.43. The molecule has 0 aliphatic carbocycles. The smallest absolute Gasteiger partial charge is 0.253 e. The van der Waals surface area contributed by atoms with E-state index in [0.717, 1.165) is 0 Å². The first kappa shape index (κ1) is 13.9. The third-order valence-corrected chi connectivity index (χ3v) is 2.65. The fourth-order valence-electron chi connectivity index (χ4n) is 1.54. The van der Waals surface area contributed by atoms with Gasteiger partial charge in [0.1, 0.15) is 12.4 Å². The lowest BCUT2D eigenvalue weighted by molar-refractivity contribution is -0.677. The minimum absolute atomic E-state index is 0. The third-order valence-electron chi connectivity index (χ3n) is 2.65. The van der Waals surface area contributed by atoms with Gasteiger partial charge in [0.05, 0.1) is 13.6 Å². The summed E-state index contributed by atoms with van der Waals surface area (Å²) in [7, 11) is 2.10. The van der Waals surface area contributed by atoms with E-state index in [0.29, 0.717) is 0 Å². The van der Waals surface area contributed by atoms with Crippen molar-refractivity contribution >= 4 is 0 Å². The van der Waals surface area contributed by atoms with Gasteiger partial charge in [0.15, 0.2) is 0 Å². The van der Waals surface area contributed by atoms with Gasteiger partial charge >= 0.3 is 0 Å². The van der Waals surface area contributed by atoms with E-state index in [4.69, 9.17) is 0 Å². The number of hydrogen-bond acceptors (Lipinski definition) is 0. The van der Waals surface area contributed by atoms with Crippen molar-refractivity contribution < 1.29 is 28.5 Å². The fraction of sp³-hybridized carbons (Fsp3) is 0.727. The zero-order valence-electron chi connectivity index (χ0n) is 9.46. The van der Waals surface area contributed by atoms with Crippen LogP contribution >= 0.6 is 0 Å². The molecular weight excluding hydrogens is 287 g/mol. The number of aromatic nitrogens is 2. The van der Waals surface area contributed by atoms with E-state index in [9.17, 15) is 0 Å². The highest BCUT2D eigenvalue weighted by Gasteiger charge is 2.06. The number of halogens is 1. The van der Waals surface area contributed by atoms with Gasteiger partial charge in [0.25, 0.3) is 5.82 Å². The van der Waals surface area contributed by atoms with Gasteiger partial charge in [0.2, 0.25) is 0 Å². The molecule has 0 fully saturated rings. The predicted molar refractivity (Wildman–Crippen MR) is 54.5 cm³/mol. The Morgan fingerprint density at radius 3 is 2.50 bits per heavy atom. The van der Waals surface area contributed by atoms with Crippen molar-refractivity contribution in [2.75, 3.05) is 0 Å². The Kier molecular flexibility index (Phi) is 7.23. The molecule has 14 heavy (non-hydrogen) atoms. The molecule has 0 spiro atoms. The molecule has 1 aromatic heterocycles. The summed E-state index contributed by atoms with van der Waals surface area (Å²) in [6, 6.07) is 0. The van der Waals surface area contributed by atoms with Crippen LogP contribution in [0.1, 0.15) is 38.4 Å². The zero-order chi connectivity index (χ0) is 9.68. The molecule has 1 aromatic rings. The Bertz CT molecular complexity index is 256. The Morgan fingerprint density at radius 1 is 1.29 bits per heavy atom. The lowest BCUT2D eigenvalue weighted by atomic mass is 10.2. The van der Waals surface area contributed by atoms with Crippen LogP contribution in [0.3, 0.4) is 0 Å². The van der Waals surface area contributed by atoms with E-state index in [1.807, 2.05) is 0 Å². The molecule has 0 aromatic carbocycles. The second kappa shape index (κ2) is 7.26. The van der Waals surface area contributed by atoms with Crippen LogP contribution in [0.15, 0.2) is 12.4 Å². The molecule has 1 rings (SSSR count). The number of imidazole rings is 1. The highest BCUT2D eigenvalue weighted by atomic mass is 127. The van der Waals surface area contributed by atoms with Crippen LogP contribution < -0.4 is 28.5 Å². The van der Waals surface area contributed by atoms with Crippen LogP contribution in [0.2, 0.25) is 0 Å². The van der Waals surface area contributed by atoms with E-state index in [1.165, 1.54) is 38.1 Å². The van der Waals surface area contributed by atoms with Crippen molar-refractivity contribution in [3.8, 4) is 0 Å². The SMILES string of the molecule is CCCCCCn1cc[n+](C)c1C.[I-]. The van der Waals surface area contributed by atoms with E-state index in [1.54, 1.807) is 0 Å². The third kappa shape index (κ3) is 3.98. The summed E-state index contributed by atoms with van der Waals surface area (Å²) in [5.74, 6) is 1.34. The number of aryl methyl sites for hydroxylation is 2. The highest BCUT2D eigenvalue weighted by Crippen LogP contribution is 2.02. The summed E-state index contributed by atoms with van der Waals surface area (Å²) in [6.45, 7) is 5.59. The first-order valence-corrected chi connectivity index (χ1v) is 5.27. The summed E-state index contributed by atoms with van der Waals surface area (Å²) in [4.78, 5) is 0. The minimum Gasteiger partial charge on any atom is -1.00 e. The average molecular weight is 308 g/mol. The number of hydrogen-bond donors (Lipinski definition) is 0. The molecule has 0 radical (unpaired) electrons. The summed E-state index contributed by atoms with van der Waals surface area (Å²) >= 11 is 0. The Hall–Kier alpha value is -0.0600. The maximum atomic E-state index is 2.33. The lowest BCUT2D eigenvalue weighted by Gasteiger charge is -1.98. The maximum absolute atomic E-state index is 2.33. The molecule has 0 unspecified atom stereocenters. The molecule has 0 bridgehead atoms. The van der Waals surface area contributed by atoms with Crippen molar-refractivity contribution in [3.63, 3.8) is 0 Å². The molecular formula is C11H21IN2. The molecule has 82 valence electrons. The molecule has 0 aliphatic rings. The molecule has 0 saturated carbocycles. The summed E-state index contributed by atoms with van der Waals surface area (Å²) in [5.41, 5.74) is 0. The predicted octanol–water partition coefficient (Wildman–Crippen LogP) is -0.795. The van der Waals surface area contributed by atoms with Gasteiger partial charge in [-0.2, -0.15) is 0 Å². The summed E-state index contributed by atoms with van der Waals surface area (Å²) in [6.07, 6.45) is 9.64. The molecule has 2 nitrogen and oxygen atoms in total. The Morgan fingerprint density at radius 2 is 2.00 bits per heavy atom. The van der Waals surface area contributed by atoms with E-state index < -0.39 is 0 Å². The van der Waals surface area contributed by atoms with Crippen LogP contribution in [0.25, 0.3) is 0 Å². The van der Waals surface area contributed by atoms with Crippen LogP contribution in [-0.4, -0.2) is 4.57 Å². The van der Waals surface area contributed by atoms with Gasteiger partial charge in [-0.1, -0.05) is 19.8 Å². The van der Waals surface area contributed by atoms with Gasteiger partial charge in [-0.15, -0.1) is 0 Å². The highest BCUT2D eigenvalue weighted by molar-refractivity contribution is 4.78. The van der Waals surface area contributed by atoms with Gasteiger partial charge in [-0.05, 0) is 12.8 Å². The van der Waals surface area contributed by atoms with Crippen molar-refractivity contribution in [2.45, 2.75) is 46.1 Å². The first-order chi connectivity index (χ1) is 6.25. The first-order valence-electron chi connectivity index (χ1n) is 5.27. The quantitative estimate of drug-likeness (QED) is 0.383. The van der Waals surface area contributed by atoms with Crippen LogP contribution in [0.4, 0.5) is 0 Å². The molecule has 0 atom stereocenters. The largest absolute Gasteiger partial charge is 1.00 e. The lowest BCUT2D eigenvalue weighted by Crippen LogP contribution is -3.00. The van der Waals surface area contributed by atoms with E-state index >= 15 is 0 Å². The Labute approximate surface area is 104 Å². The number of nitrogens with zero attached hydrogens (tertiary/aromatic N) is 2. The van der Waals surface area contributed by atoms with Crippen LogP contribution in [0, 0.1) is 6.92 Å². The van der Waals surface area contributed by atoms with E-state index in [-0.39, 0.29) is 24.0 Å². The van der Waals surface area contributed by atoms with Crippen molar-refractivity contribution in [1.29, 1.82) is 0 Å². The normalized spacial score (nSPS) is 9.93. The number of unbranched alkanes of at least 4 members (excludes halogenated alkanes) is 3. The Balaban J connectivity index is 0.00000169. The van der Waals surface area contributed by atoms with Gasteiger partial charge in [0, 0.05) is 6.92 Å². The summed E-state index contributed by atoms with van der Waals surface area (Å²) < 4.78 is 4.50. The standard InChI is InChI=1S/C11H21N2.HI/c1-4-5-6-7-8-13-10-9-12(3)11(13)2;/h9-10H,4-8H2,1-3H3;1H/q+1;/p-1. The van der Waals surface area contributed by atoms with Crippen LogP contribution in [0.5, 0.6) is 0 Å².